The molecule has 1 aromatic carbocycles. The van der Waals surface area contributed by atoms with Crippen LogP contribution in [0.5, 0.6) is 5.75 Å². The largest absolute Gasteiger partial charge is 0.490 e. The zero-order chi connectivity index (χ0) is 14.6. The molecule has 0 bridgehead atoms. The Morgan fingerprint density at radius 1 is 1.40 bits per heavy atom. The first-order valence-corrected chi connectivity index (χ1v) is 7.77. The van der Waals surface area contributed by atoms with Crippen molar-refractivity contribution in [2.45, 2.75) is 58.1 Å². The average molecular weight is 277 g/mol. The predicted octanol–water partition coefficient (Wildman–Crippen LogP) is 3.21. The Hall–Kier alpha value is -1.06. The summed E-state index contributed by atoms with van der Waals surface area (Å²) >= 11 is 0. The summed E-state index contributed by atoms with van der Waals surface area (Å²) in [5, 5.41) is 13.7. The molecule has 0 aromatic heterocycles. The van der Waals surface area contributed by atoms with E-state index in [1.165, 1.54) is 11.1 Å². The van der Waals surface area contributed by atoms with Gasteiger partial charge in [0.1, 0.15) is 12.4 Å². The molecule has 1 aromatic rings. The molecule has 20 heavy (non-hydrogen) atoms. The average Bonchev–Trinajstić information content (AvgIpc) is 2.86. The third-order valence-electron chi connectivity index (χ3n) is 4.17. The van der Waals surface area contributed by atoms with Crippen LogP contribution >= 0.6 is 0 Å². The van der Waals surface area contributed by atoms with Crippen molar-refractivity contribution in [3.8, 4) is 5.75 Å². The molecule has 2 rings (SSSR count). The van der Waals surface area contributed by atoms with E-state index in [2.05, 4.69) is 24.4 Å². The van der Waals surface area contributed by atoms with Crippen molar-refractivity contribution in [1.29, 1.82) is 0 Å². The van der Waals surface area contributed by atoms with E-state index >= 15 is 0 Å². The minimum Gasteiger partial charge on any atom is -0.490 e. The normalized spacial score (nSPS) is 20.5. The maximum Gasteiger partial charge on any atom is 0.122 e. The summed E-state index contributed by atoms with van der Waals surface area (Å²) in [6.45, 7) is 7.40. The van der Waals surface area contributed by atoms with Gasteiger partial charge in [0.15, 0.2) is 0 Å². The summed E-state index contributed by atoms with van der Waals surface area (Å²) in [6.07, 6.45) is 4.05. The van der Waals surface area contributed by atoms with Gasteiger partial charge in [0.05, 0.1) is 5.60 Å². The van der Waals surface area contributed by atoms with E-state index < -0.39 is 5.60 Å². The second-order valence-corrected chi connectivity index (χ2v) is 6.01. The zero-order valence-electron chi connectivity index (χ0n) is 12.9. The number of hydrogen-bond acceptors (Lipinski definition) is 3. The standard InChI is InChI=1S/C17H27NO2/c1-4-11-18-15-10-9-14-13(15)7-6-8-16(14)20-12-17(3,19)5-2/h6-8,15,18-19H,4-5,9-12H2,1-3H3. The second kappa shape index (κ2) is 6.59. The number of nitrogens with one attached hydrogen (secondary N) is 1. The first kappa shape index (κ1) is 15.3. The third-order valence-corrected chi connectivity index (χ3v) is 4.17. The van der Waals surface area contributed by atoms with Gasteiger partial charge in [-0.1, -0.05) is 26.0 Å². The summed E-state index contributed by atoms with van der Waals surface area (Å²) in [5.41, 5.74) is 1.93. The highest BCUT2D eigenvalue weighted by atomic mass is 16.5. The van der Waals surface area contributed by atoms with Gasteiger partial charge in [0, 0.05) is 6.04 Å². The van der Waals surface area contributed by atoms with E-state index in [4.69, 9.17) is 4.74 Å². The molecular weight excluding hydrogens is 250 g/mol. The highest BCUT2D eigenvalue weighted by molar-refractivity contribution is 5.45. The zero-order valence-corrected chi connectivity index (χ0v) is 12.9. The molecule has 112 valence electrons. The second-order valence-electron chi connectivity index (χ2n) is 6.01. The van der Waals surface area contributed by atoms with Gasteiger partial charge in [0.25, 0.3) is 0 Å². The van der Waals surface area contributed by atoms with Crippen LogP contribution in [0.15, 0.2) is 18.2 Å². The number of rotatable bonds is 7. The molecule has 0 aliphatic heterocycles. The molecule has 0 saturated carbocycles. The van der Waals surface area contributed by atoms with Crippen molar-refractivity contribution in [3.63, 3.8) is 0 Å². The molecular formula is C17H27NO2. The van der Waals surface area contributed by atoms with Gasteiger partial charge in [-0.2, -0.15) is 0 Å². The van der Waals surface area contributed by atoms with Crippen LogP contribution in [0, 0.1) is 0 Å². The van der Waals surface area contributed by atoms with E-state index in [0.29, 0.717) is 19.1 Å². The van der Waals surface area contributed by atoms with Crippen LogP contribution in [-0.2, 0) is 6.42 Å². The van der Waals surface area contributed by atoms with Crippen LogP contribution in [0.25, 0.3) is 0 Å². The molecule has 0 amide bonds. The lowest BCUT2D eigenvalue weighted by molar-refractivity contribution is 0.00821. The smallest absolute Gasteiger partial charge is 0.122 e. The Morgan fingerprint density at radius 2 is 2.20 bits per heavy atom. The molecule has 0 radical (unpaired) electrons. The number of hydrogen-bond donors (Lipinski definition) is 2. The van der Waals surface area contributed by atoms with Crippen molar-refractivity contribution in [1.82, 2.24) is 5.32 Å². The minimum absolute atomic E-state index is 0.354. The van der Waals surface area contributed by atoms with Crippen molar-refractivity contribution in [3.05, 3.63) is 29.3 Å². The maximum atomic E-state index is 10.1. The highest BCUT2D eigenvalue weighted by Crippen LogP contribution is 2.37. The monoisotopic (exact) mass is 277 g/mol. The number of benzene rings is 1. The summed E-state index contributed by atoms with van der Waals surface area (Å²) < 4.78 is 5.88. The van der Waals surface area contributed by atoms with E-state index in [9.17, 15) is 5.11 Å². The van der Waals surface area contributed by atoms with E-state index in [-0.39, 0.29) is 0 Å². The fraction of sp³-hybridized carbons (Fsp3) is 0.647. The fourth-order valence-electron chi connectivity index (χ4n) is 2.62. The molecule has 3 heteroatoms. The SMILES string of the molecule is CCCNC1CCc2c(OCC(C)(O)CC)cccc21. The molecule has 0 spiro atoms. The summed E-state index contributed by atoms with van der Waals surface area (Å²) in [4.78, 5) is 0. The molecule has 1 aliphatic rings. The molecule has 0 fully saturated rings. The lowest BCUT2D eigenvalue weighted by atomic mass is 10.0. The maximum absolute atomic E-state index is 10.1. The molecule has 2 N–H and O–H groups in total. The van der Waals surface area contributed by atoms with E-state index in [1.807, 2.05) is 19.9 Å². The first-order valence-electron chi connectivity index (χ1n) is 7.77. The Labute approximate surface area is 122 Å². The lowest BCUT2D eigenvalue weighted by Gasteiger charge is -2.22. The molecule has 2 atom stereocenters. The quantitative estimate of drug-likeness (QED) is 0.804. The van der Waals surface area contributed by atoms with Gasteiger partial charge in [-0.3, -0.25) is 0 Å². The topological polar surface area (TPSA) is 41.5 Å². The van der Waals surface area contributed by atoms with E-state index in [0.717, 1.165) is 31.6 Å². The lowest BCUT2D eigenvalue weighted by Crippen LogP contribution is -2.31. The molecule has 3 nitrogen and oxygen atoms in total. The molecule has 0 heterocycles. The Morgan fingerprint density at radius 3 is 2.90 bits per heavy atom. The Balaban J connectivity index is 2.08. The van der Waals surface area contributed by atoms with Crippen molar-refractivity contribution in [2.24, 2.45) is 0 Å². The predicted molar refractivity (Wildman–Crippen MR) is 82.2 cm³/mol. The first-order chi connectivity index (χ1) is 9.57. The van der Waals surface area contributed by atoms with Crippen molar-refractivity contribution < 1.29 is 9.84 Å². The molecule has 0 saturated heterocycles. The third kappa shape index (κ3) is 3.53. The van der Waals surface area contributed by atoms with Gasteiger partial charge in [-0.15, -0.1) is 0 Å². The Kier molecular flexibility index (Phi) is 5.06. The fourth-order valence-corrected chi connectivity index (χ4v) is 2.62. The van der Waals surface area contributed by atoms with Gasteiger partial charge in [-0.05, 0) is 56.3 Å². The summed E-state index contributed by atoms with van der Waals surface area (Å²) in [7, 11) is 0. The summed E-state index contributed by atoms with van der Waals surface area (Å²) in [6, 6.07) is 6.73. The molecule has 2 unspecified atom stereocenters. The van der Waals surface area contributed by atoms with Crippen molar-refractivity contribution in [2.75, 3.05) is 13.2 Å². The number of aliphatic hydroxyl groups is 1. The van der Waals surface area contributed by atoms with E-state index in [1.54, 1.807) is 0 Å². The van der Waals surface area contributed by atoms with Crippen LogP contribution in [0.2, 0.25) is 0 Å². The van der Waals surface area contributed by atoms with Gasteiger partial charge in [-0.25, -0.2) is 0 Å². The van der Waals surface area contributed by atoms with Crippen LogP contribution in [-0.4, -0.2) is 23.9 Å². The minimum atomic E-state index is -0.749. The van der Waals surface area contributed by atoms with Gasteiger partial charge >= 0.3 is 0 Å². The van der Waals surface area contributed by atoms with Gasteiger partial charge in [0.2, 0.25) is 0 Å². The molecule has 1 aliphatic carbocycles. The van der Waals surface area contributed by atoms with Gasteiger partial charge < -0.3 is 15.2 Å². The van der Waals surface area contributed by atoms with Crippen LogP contribution in [0.4, 0.5) is 0 Å². The Bertz CT molecular complexity index is 443. The van der Waals surface area contributed by atoms with Crippen LogP contribution in [0.3, 0.4) is 0 Å². The number of ether oxygens (including phenoxy) is 1. The van der Waals surface area contributed by atoms with Crippen LogP contribution in [0.1, 0.15) is 57.2 Å². The highest BCUT2D eigenvalue weighted by Gasteiger charge is 2.26. The number of fused-ring (bicyclic) bond motifs is 1. The van der Waals surface area contributed by atoms with Crippen LogP contribution < -0.4 is 10.1 Å². The summed E-state index contributed by atoms with van der Waals surface area (Å²) in [5.74, 6) is 0.942. The van der Waals surface area contributed by atoms with Crippen molar-refractivity contribution >= 4 is 0 Å².